The molecule has 4 unspecified atom stereocenters. The third-order valence-electron chi connectivity index (χ3n) is 7.49. The highest BCUT2D eigenvalue weighted by molar-refractivity contribution is 6.30. The van der Waals surface area contributed by atoms with E-state index in [9.17, 15) is 9.59 Å². The molecule has 4 atom stereocenters. The molecule has 0 aromatic heterocycles. The van der Waals surface area contributed by atoms with Crippen molar-refractivity contribution < 1.29 is 14.3 Å². The Hall–Kier alpha value is -1.39. The van der Waals surface area contributed by atoms with Crippen LogP contribution in [0.2, 0.25) is 5.02 Å². The highest BCUT2D eigenvalue weighted by Crippen LogP contribution is 2.47. The fraction of sp³-hybridized carbons (Fsp3) is 0.667. The van der Waals surface area contributed by atoms with Gasteiger partial charge in [0.15, 0.2) is 0 Å². The zero-order valence-corrected chi connectivity index (χ0v) is 18.1. The second-order valence-electron chi connectivity index (χ2n) is 9.03. The van der Waals surface area contributed by atoms with Gasteiger partial charge in [-0.15, -0.1) is 0 Å². The van der Waals surface area contributed by atoms with E-state index in [4.69, 9.17) is 16.3 Å². The first kappa shape index (κ1) is 20.9. The van der Waals surface area contributed by atoms with Crippen LogP contribution in [0.15, 0.2) is 24.3 Å². The Morgan fingerprint density at radius 1 is 1.10 bits per heavy atom. The van der Waals surface area contributed by atoms with Crippen LogP contribution >= 0.6 is 11.6 Å². The summed E-state index contributed by atoms with van der Waals surface area (Å²) in [5.41, 5.74) is 1.18. The second-order valence-corrected chi connectivity index (χ2v) is 9.47. The van der Waals surface area contributed by atoms with Crippen LogP contribution in [0, 0.1) is 11.8 Å². The number of ether oxygens (including phenoxy) is 1. The van der Waals surface area contributed by atoms with Gasteiger partial charge in [-0.25, -0.2) is 0 Å². The summed E-state index contributed by atoms with van der Waals surface area (Å²) in [6, 6.07) is 8.63. The van der Waals surface area contributed by atoms with Crippen LogP contribution in [-0.2, 0) is 14.3 Å². The first-order chi connectivity index (χ1) is 14.1. The summed E-state index contributed by atoms with van der Waals surface area (Å²) >= 11 is 6.07. The minimum atomic E-state index is -0.148. The number of benzene rings is 1. The van der Waals surface area contributed by atoms with Crippen molar-refractivity contribution in [2.75, 3.05) is 13.7 Å². The zero-order chi connectivity index (χ0) is 20.4. The maximum Gasteiger partial charge on any atom is 0.310 e. The highest BCUT2D eigenvalue weighted by Gasteiger charge is 2.50. The standard InChI is InChI=1S/C24H32ClNO3/c1-29-24(28)23-20(16-8-10-18(25)11-9-16)15-19-12-13-21(23)26(19)14-4-7-22(27)17-5-2-3-6-17/h8-11,17,19-21,23H,2-7,12-15H2,1H3. The topological polar surface area (TPSA) is 46.6 Å². The van der Waals surface area contributed by atoms with Crippen LogP contribution in [0.4, 0.5) is 0 Å². The molecular weight excluding hydrogens is 386 g/mol. The van der Waals surface area contributed by atoms with Gasteiger partial charge in [0, 0.05) is 35.4 Å². The van der Waals surface area contributed by atoms with E-state index >= 15 is 0 Å². The Morgan fingerprint density at radius 2 is 1.83 bits per heavy atom. The van der Waals surface area contributed by atoms with E-state index in [0.717, 1.165) is 50.1 Å². The lowest BCUT2D eigenvalue weighted by molar-refractivity contribution is -0.150. The summed E-state index contributed by atoms with van der Waals surface area (Å²) in [7, 11) is 1.49. The molecule has 158 valence electrons. The molecule has 1 aromatic rings. The summed E-state index contributed by atoms with van der Waals surface area (Å²) in [6.07, 6.45) is 9.30. The van der Waals surface area contributed by atoms with Gasteiger partial charge in [-0.1, -0.05) is 36.6 Å². The smallest absolute Gasteiger partial charge is 0.310 e. The molecule has 0 amide bonds. The van der Waals surface area contributed by atoms with Gasteiger partial charge in [0.05, 0.1) is 13.0 Å². The monoisotopic (exact) mass is 417 g/mol. The fourth-order valence-corrected chi connectivity index (χ4v) is 6.19. The van der Waals surface area contributed by atoms with E-state index < -0.39 is 0 Å². The summed E-state index contributed by atoms with van der Waals surface area (Å²) in [5, 5.41) is 0.718. The van der Waals surface area contributed by atoms with E-state index in [-0.39, 0.29) is 23.8 Å². The van der Waals surface area contributed by atoms with Crippen LogP contribution in [0.3, 0.4) is 0 Å². The van der Waals surface area contributed by atoms with E-state index in [1.165, 1.54) is 25.5 Å². The molecule has 0 spiro atoms. The van der Waals surface area contributed by atoms with Gasteiger partial charge in [-0.3, -0.25) is 14.5 Å². The SMILES string of the molecule is COC(=O)C1C(c2ccc(Cl)cc2)CC2CCC1N2CCCC(=O)C1CCCC1. The summed E-state index contributed by atoms with van der Waals surface area (Å²) < 4.78 is 5.23. The molecule has 1 aromatic carbocycles. The van der Waals surface area contributed by atoms with Crippen molar-refractivity contribution in [3.63, 3.8) is 0 Å². The molecule has 2 aliphatic heterocycles. The number of halogens is 1. The van der Waals surface area contributed by atoms with Crippen LogP contribution < -0.4 is 0 Å². The normalized spacial score (nSPS) is 29.9. The predicted octanol–water partition coefficient (Wildman–Crippen LogP) is 4.99. The van der Waals surface area contributed by atoms with Crippen molar-refractivity contribution >= 4 is 23.4 Å². The number of carbonyl (C=O) groups excluding carboxylic acids is 2. The lowest BCUT2D eigenvalue weighted by Crippen LogP contribution is -2.51. The number of rotatable bonds is 7. The number of carbonyl (C=O) groups is 2. The predicted molar refractivity (Wildman–Crippen MR) is 114 cm³/mol. The number of fused-ring (bicyclic) bond motifs is 2. The van der Waals surface area contributed by atoms with Gasteiger partial charge in [-0.05, 0) is 62.8 Å². The Labute approximate surface area is 178 Å². The van der Waals surface area contributed by atoms with Crippen LogP contribution in [0.5, 0.6) is 0 Å². The Balaban J connectivity index is 1.44. The van der Waals surface area contributed by atoms with Crippen LogP contribution in [0.25, 0.3) is 0 Å². The first-order valence-electron chi connectivity index (χ1n) is 11.2. The molecule has 3 aliphatic rings. The third kappa shape index (κ3) is 4.39. The molecule has 29 heavy (non-hydrogen) atoms. The lowest BCUT2D eigenvalue weighted by atomic mass is 9.76. The van der Waals surface area contributed by atoms with Crippen molar-refractivity contribution in [3.05, 3.63) is 34.9 Å². The average molecular weight is 418 g/mol. The molecule has 0 radical (unpaired) electrons. The van der Waals surface area contributed by atoms with E-state index in [1.54, 1.807) is 0 Å². The summed E-state index contributed by atoms with van der Waals surface area (Å²) in [6.45, 7) is 0.911. The molecule has 2 saturated heterocycles. The Morgan fingerprint density at radius 3 is 2.52 bits per heavy atom. The number of nitrogens with zero attached hydrogens (tertiary/aromatic N) is 1. The molecule has 3 fully saturated rings. The van der Waals surface area contributed by atoms with Gasteiger partial charge >= 0.3 is 5.97 Å². The number of hydrogen-bond acceptors (Lipinski definition) is 4. The number of piperidine rings is 1. The highest BCUT2D eigenvalue weighted by atomic mass is 35.5. The van der Waals surface area contributed by atoms with Gasteiger partial charge < -0.3 is 4.74 Å². The zero-order valence-electron chi connectivity index (χ0n) is 17.3. The minimum absolute atomic E-state index is 0.109. The fourth-order valence-electron chi connectivity index (χ4n) is 6.06. The van der Waals surface area contributed by atoms with Crippen LogP contribution in [-0.4, -0.2) is 42.4 Å². The molecule has 2 bridgehead atoms. The maximum absolute atomic E-state index is 12.8. The number of ketones is 1. The van der Waals surface area contributed by atoms with Gasteiger partial charge in [0.1, 0.15) is 5.78 Å². The largest absolute Gasteiger partial charge is 0.469 e. The molecule has 2 heterocycles. The lowest BCUT2D eigenvalue weighted by Gasteiger charge is -2.43. The summed E-state index contributed by atoms with van der Waals surface area (Å²) in [5.74, 6) is 0.682. The van der Waals surface area contributed by atoms with Crippen molar-refractivity contribution in [1.82, 2.24) is 4.90 Å². The van der Waals surface area contributed by atoms with E-state index in [1.807, 2.05) is 12.1 Å². The van der Waals surface area contributed by atoms with Crippen molar-refractivity contribution in [1.29, 1.82) is 0 Å². The van der Waals surface area contributed by atoms with Gasteiger partial charge in [0.25, 0.3) is 0 Å². The molecule has 1 saturated carbocycles. The summed E-state index contributed by atoms with van der Waals surface area (Å²) in [4.78, 5) is 27.7. The number of esters is 1. The molecule has 4 nitrogen and oxygen atoms in total. The maximum atomic E-state index is 12.8. The molecule has 1 aliphatic carbocycles. The molecule has 4 rings (SSSR count). The quantitative estimate of drug-likeness (QED) is 0.586. The first-order valence-corrected chi connectivity index (χ1v) is 11.6. The third-order valence-corrected chi connectivity index (χ3v) is 7.74. The molecular formula is C24H32ClNO3. The van der Waals surface area contributed by atoms with E-state index in [2.05, 4.69) is 17.0 Å². The molecule has 5 heteroatoms. The van der Waals surface area contributed by atoms with E-state index in [0.29, 0.717) is 24.2 Å². The van der Waals surface area contributed by atoms with Crippen molar-refractivity contribution in [2.24, 2.45) is 11.8 Å². The Kier molecular flexibility index (Phi) is 6.60. The van der Waals surface area contributed by atoms with Crippen molar-refractivity contribution in [3.8, 4) is 0 Å². The Bertz CT molecular complexity index is 728. The minimum Gasteiger partial charge on any atom is -0.469 e. The molecule has 0 N–H and O–H groups in total. The number of hydrogen-bond donors (Lipinski definition) is 0. The van der Waals surface area contributed by atoms with Crippen molar-refractivity contribution in [2.45, 2.75) is 75.8 Å². The number of methoxy groups -OCH3 is 1. The second kappa shape index (κ2) is 9.18. The van der Waals surface area contributed by atoms with Crippen LogP contribution in [0.1, 0.15) is 69.3 Å². The number of Topliss-reactive ketones (excluding diaryl/α,β-unsaturated/α-hetero) is 1. The van der Waals surface area contributed by atoms with Gasteiger partial charge in [0.2, 0.25) is 0 Å². The van der Waals surface area contributed by atoms with Gasteiger partial charge in [-0.2, -0.15) is 0 Å². The average Bonchev–Trinajstić information content (AvgIpc) is 3.35.